The van der Waals surface area contributed by atoms with Gasteiger partial charge in [0.1, 0.15) is 18.0 Å². The normalized spacial score (nSPS) is 14.4. The number of halogens is 1. The van der Waals surface area contributed by atoms with Crippen molar-refractivity contribution in [1.29, 1.82) is 5.41 Å². The fraction of sp³-hybridized carbons (Fsp3) is 0.605. The molecule has 1 aliphatic heterocycles. The second-order valence-corrected chi connectivity index (χ2v) is 13.4. The molecule has 0 aliphatic carbocycles. The Morgan fingerprint density at radius 3 is 2.00 bits per heavy atom. The van der Waals surface area contributed by atoms with E-state index in [4.69, 9.17) is 55.2 Å². The molecule has 13 nitrogen and oxygen atoms in total. The number of aliphatic imine (C=N–C) groups is 1. The molecule has 0 spiro atoms. The number of alkyl carbamates (subject to hydrolysis) is 1. The number of ether oxygens (including phenoxy) is 7. The Bertz CT molecular complexity index is 1370. The molecule has 2 aromatic rings. The number of nitrogens with one attached hydrogen (secondary N) is 3. The van der Waals surface area contributed by atoms with Crippen LogP contribution in [0.5, 0.6) is 5.75 Å². The summed E-state index contributed by atoms with van der Waals surface area (Å²) in [5.41, 5.74) is 3.15. The van der Waals surface area contributed by atoms with Gasteiger partial charge in [0.25, 0.3) is 0 Å². The van der Waals surface area contributed by atoms with Gasteiger partial charge in [-0.15, -0.1) is 0 Å². The molecule has 3 N–H and O–H groups in total. The van der Waals surface area contributed by atoms with Gasteiger partial charge < -0.3 is 48.7 Å². The number of hydrogen-bond acceptors (Lipinski definition) is 11. The Morgan fingerprint density at radius 2 is 1.44 bits per heavy atom. The summed E-state index contributed by atoms with van der Waals surface area (Å²) in [5, 5.41) is 15.3. The van der Waals surface area contributed by atoms with Gasteiger partial charge in [0.05, 0.1) is 89.3 Å². The maximum Gasteiger partial charge on any atom is 0.407 e. The van der Waals surface area contributed by atoms with Gasteiger partial charge in [0, 0.05) is 29.2 Å². The van der Waals surface area contributed by atoms with E-state index >= 15 is 0 Å². The molecule has 3 rings (SSSR count). The molecule has 1 heterocycles. The number of amidine groups is 1. The number of anilines is 1. The van der Waals surface area contributed by atoms with Crippen LogP contribution in [0.2, 0.25) is 5.02 Å². The molecule has 0 radical (unpaired) electrons. The lowest BCUT2D eigenvalue weighted by Crippen LogP contribution is -2.35. The van der Waals surface area contributed by atoms with E-state index in [0.717, 1.165) is 42.0 Å². The zero-order valence-corrected chi connectivity index (χ0v) is 32.2. The number of carbonyl (C=O) groups excluding carboxylic acids is 1. The first-order valence-electron chi connectivity index (χ1n) is 18.1. The van der Waals surface area contributed by atoms with Crippen molar-refractivity contribution in [3.05, 3.63) is 58.6 Å². The third kappa shape index (κ3) is 17.0. The van der Waals surface area contributed by atoms with E-state index in [1.807, 2.05) is 75.1 Å². The molecule has 0 unspecified atom stereocenters. The third-order valence-corrected chi connectivity index (χ3v) is 7.80. The van der Waals surface area contributed by atoms with Crippen LogP contribution in [0.25, 0.3) is 0 Å². The van der Waals surface area contributed by atoms with Crippen LogP contribution in [0, 0.1) is 5.41 Å². The Morgan fingerprint density at radius 1 is 0.865 bits per heavy atom. The largest absolute Gasteiger partial charge is 0.491 e. The molecule has 0 saturated heterocycles. The smallest absolute Gasteiger partial charge is 0.407 e. The number of carbonyl (C=O) groups is 1. The van der Waals surface area contributed by atoms with E-state index in [9.17, 15) is 4.79 Å². The third-order valence-electron chi connectivity index (χ3n) is 7.54. The first kappa shape index (κ1) is 43.1. The number of rotatable bonds is 24. The second-order valence-electron chi connectivity index (χ2n) is 13.0. The van der Waals surface area contributed by atoms with Crippen LogP contribution < -0.4 is 20.3 Å². The number of benzodiazepines with no additional fused rings is 1. The summed E-state index contributed by atoms with van der Waals surface area (Å²) in [7, 11) is 0. The van der Waals surface area contributed by atoms with Crippen molar-refractivity contribution in [2.24, 2.45) is 4.99 Å². The Balaban J connectivity index is 1.30. The van der Waals surface area contributed by atoms with Gasteiger partial charge in [-0.05, 0) is 77.5 Å². The van der Waals surface area contributed by atoms with Gasteiger partial charge in [-0.3, -0.25) is 10.4 Å². The van der Waals surface area contributed by atoms with Crippen LogP contribution in [-0.4, -0.2) is 128 Å². The molecule has 0 saturated carbocycles. The average Bonchev–Trinajstić information content (AvgIpc) is 3.26. The molecular weight excluding hydrogens is 690 g/mol. The Labute approximate surface area is 314 Å². The monoisotopic (exact) mass is 747 g/mol. The molecule has 0 bridgehead atoms. The van der Waals surface area contributed by atoms with Crippen LogP contribution in [0.4, 0.5) is 10.5 Å². The quantitative estimate of drug-likeness (QED) is 0.0731. The van der Waals surface area contributed by atoms with Gasteiger partial charge in [-0.2, -0.15) is 0 Å². The summed E-state index contributed by atoms with van der Waals surface area (Å²) in [4.78, 5) is 18.8. The Hall–Kier alpha value is -3.30. The Kier molecular flexibility index (Phi) is 20.0. The van der Waals surface area contributed by atoms with Crippen molar-refractivity contribution in [2.75, 3.05) is 104 Å². The van der Waals surface area contributed by atoms with Gasteiger partial charge in [0.15, 0.2) is 0 Å². The van der Waals surface area contributed by atoms with Crippen LogP contribution in [-0.2, 0) is 28.4 Å². The maximum atomic E-state index is 11.6. The van der Waals surface area contributed by atoms with E-state index in [1.54, 1.807) is 0 Å². The number of amides is 1. The summed E-state index contributed by atoms with van der Waals surface area (Å²) >= 11 is 6.22. The molecule has 52 heavy (non-hydrogen) atoms. The van der Waals surface area contributed by atoms with E-state index in [2.05, 4.69) is 17.6 Å². The molecule has 1 atom stereocenters. The van der Waals surface area contributed by atoms with E-state index < -0.39 is 11.7 Å². The molecule has 1 aliphatic rings. The molecule has 0 aromatic heterocycles. The van der Waals surface area contributed by atoms with Crippen LogP contribution in [0.15, 0.2) is 47.5 Å². The van der Waals surface area contributed by atoms with Gasteiger partial charge in [0.2, 0.25) is 0 Å². The van der Waals surface area contributed by atoms with Crippen molar-refractivity contribution in [3.8, 4) is 5.75 Å². The lowest BCUT2D eigenvalue weighted by atomic mass is 9.99. The van der Waals surface area contributed by atoms with E-state index in [-0.39, 0.29) is 6.04 Å². The number of nitrogens with zero attached hydrogens (tertiary/aromatic N) is 2. The predicted octanol–water partition coefficient (Wildman–Crippen LogP) is 5.35. The van der Waals surface area contributed by atoms with Crippen LogP contribution in [0.3, 0.4) is 0 Å². The first-order valence-corrected chi connectivity index (χ1v) is 18.4. The highest BCUT2D eigenvalue weighted by Crippen LogP contribution is 2.32. The first-order chi connectivity index (χ1) is 25.1. The highest BCUT2D eigenvalue weighted by molar-refractivity contribution is 6.30. The lowest BCUT2D eigenvalue weighted by Gasteiger charge is -2.26. The van der Waals surface area contributed by atoms with E-state index in [0.29, 0.717) is 102 Å². The molecule has 2 aromatic carbocycles. The topological polar surface area (TPSA) is 145 Å². The molecule has 14 heteroatoms. The number of hydrogen-bond donors (Lipinski definition) is 3. The van der Waals surface area contributed by atoms with Gasteiger partial charge in [-0.1, -0.05) is 30.7 Å². The van der Waals surface area contributed by atoms with Gasteiger partial charge >= 0.3 is 6.09 Å². The molecule has 1 amide bonds. The predicted molar refractivity (Wildman–Crippen MR) is 205 cm³/mol. The summed E-state index contributed by atoms with van der Waals surface area (Å²) < 4.78 is 39.0. The molecular formula is C38H58ClN5O8. The number of fused-ring (bicyclic) bond motifs is 1. The van der Waals surface area contributed by atoms with Crippen molar-refractivity contribution in [1.82, 2.24) is 10.6 Å². The summed E-state index contributed by atoms with van der Waals surface area (Å²) in [5.74, 6) is 1.17. The summed E-state index contributed by atoms with van der Waals surface area (Å²) in [6.07, 6.45) is 0.397. The highest BCUT2D eigenvalue weighted by atomic mass is 35.5. The van der Waals surface area contributed by atoms with Crippen molar-refractivity contribution < 1.29 is 38.0 Å². The highest BCUT2D eigenvalue weighted by Gasteiger charge is 2.26. The van der Waals surface area contributed by atoms with Crippen molar-refractivity contribution in [3.63, 3.8) is 0 Å². The average molecular weight is 748 g/mol. The maximum absolute atomic E-state index is 11.6. The van der Waals surface area contributed by atoms with Crippen LogP contribution >= 0.6 is 11.6 Å². The number of benzene rings is 2. The van der Waals surface area contributed by atoms with Crippen LogP contribution in [0.1, 0.15) is 52.2 Å². The minimum atomic E-state index is -0.520. The van der Waals surface area contributed by atoms with Gasteiger partial charge in [-0.25, -0.2) is 4.79 Å². The fourth-order valence-corrected chi connectivity index (χ4v) is 5.25. The molecule has 290 valence electrons. The van der Waals surface area contributed by atoms with E-state index in [1.165, 1.54) is 0 Å². The minimum Gasteiger partial charge on any atom is -0.491 e. The zero-order valence-electron chi connectivity index (χ0n) is 31.5. The minimum absolute atomic E-state index is 0.00295. The van der Waals surface area contributed by atoms with Crippen molar-refractivity contribution in [2.45, 2.75) is 52.7 Å². The summed E-state index contributed by atoms with van der Waals surface area (Å²) in [6, 6.07) is 13.7. The SMILES string of the molecule is CCNCC[C@H]1CN(C(C)=N)c2ccc(OCCOCCOCCOCCOCCOCCNC(=O)OC(C)(C)C)cc2C(c2ccc(Cl)cc2)=N1. The van der Waals surface area contributed by atoms with Crippen molar-refractivity contribution >= 4 is 34.9 Å². The summed E-state index contributed by atoms with van der Waals surface area (Å²) in [6.45, 7) is 16.9. The second kappa shape index (κ2) is 24.1. The fourth-order valence-electron chi connectivity index (χ4n) is 5.13. The zero-order chi connectivity index (χ0) is 37.6. The standard InChI is InChI=1S/C38H58ClN5O8/c1-6-41-14-13-32-28-44(29(2)40)35-12-11-33(27-34(35)36(43-32)30-7-9-31(39)10-8-30)51-26-25-50-24-23-49-22-21-48-20-19-47-18-17-46-16-15-42-37(45)52-38(3,4)5/h7-12,27,32,40-41H,6,13-26,28H2,1-5H3,(H,42,45)/t32-/m0/s1. The lowest BCUT2D eigenvalue weighted by molar-refractivity contribution is -0.0126. The molecule has 0 fully saturated rings.